The molecule has 14 rings (SSSR count). The minimum absolute atomic E-state index is 0.874. The van der Waals surface area contributed by atoms with Gasteiger partial charge in [0.05, 0.1) is 22.4 Å². The van der Waals surface area contributed by atoms with Crippen LogP contribution in [0.25, 0.3) is 115 Å². The van der Waals surface area contributed by atoms with Gasteiger partial charge in [0.2, 0.25) is 0 Å². The quantitative estimate of drug-likeness (QED) is 0.142. The summed E-state index contributed by atoms with van der Waals surface area (Å²) in [4.78, 5) is 2.45. The summed E-state index contributed by atoms with van der Waals surface area (Å²) in [5.41, 5.74) is 17.8. The topological polar surface area (TPSA) is 21.3 Å². The summed E-state index contributed by atoms with van der Waals surface area (Å²) in [7, 11) is 0. The molecule has 0 radical (unpaired) electrons. The van der Waals surface area contributed by atoms with Gasteiger partial charge >= 0.3 is 0 Å². The zero-order chi connectivity index (χ0) is 46.8. The molecule has 71 heavy (non-hydrogen) atoms. The van der Waals surface area contributed by atoms with Crippen molar-refractivity contribution in [2.24, 2.45) is 0 Å². The first-order chi connectivity index (χ1) is 35.2. The van der Waals surface area contributed by atoms with E-state index in [0.717, 1.165) is 72.5 Å². The Morgan fingerprint density at radius 2 is 0.789 bits per heavy atom. The Balaban J connectivity index is 0.890. The van der Waals surface area contributed by atoms with E-state index in [2.05, 4.69) is 270 Å². The van der Waals surface area contributed by atoms with E-state index in [-0.39, 0.29) is 0 Å². The van der Waals surface area contributed by atoms with Crippen LogP contribution in [-0.2, 0) is 0 Å². The van der Waals surface area contributed by atoms with E-state index in [9.17, 15) is 0 Å². The van der Waals surface area contributed by atoms with Crippen LogP contribution in [0.3, 0.4) is 0 Å². The van der Waals surface area contributed by atoms with Crippen molar-refractivity contribution in [3.05, 3.63) is 267 Å². The van der Waals surface area contributed by atoms with Crippen LogP contribution in [0.15, 0.2) is 271 Å². The summed E-state index contributed by atoms with van der Waals surface area (Å²) in [5.74, 6) is 0. The van der Waals surface area contributed by atoms with Gasteiger partial charge in [0.25, 0.3) is 0 Å². The van der Waals surface area contributed by atoms with Gasteiger partial charge in [-0.25, -0.2) is 0 Å². The molecule has 0 atom stereocenters. The van der Waals surface area contributed by atoms with E-state index in [1.807, 2.05) is 6.07 Å². The molecule has 0 aliphatic rings. The summed E-state index contributed by atoms with van der Waals surface area (Å²) in [5, 5.41) is 9.68. The molecule has 0 N–H and O–H groups in total. The molecule has 3 nitrogen and oxygen atoms in total. The third-order valence-electron chi connectivity index (χ3n) is 14.4. The van der Waals surface area contributed by atoms with Crippen LogP contribution in [0.4, 0.5) is 17.1 Å². The number of nitrogens with zero attached hydrogens (tertiary/aromatic N) is 2. The molecule has 3 heteroatoms. The van der Waals surface area contributed by atoms with Gasteiger partial charge in [-0.1, -0.05) is 200 Å². The van der Waals surface area contributed by atoms with Gasteiger partial charge in [0, 0.05) is 44.0 Å². The first-order valence-corrected chi connectivity index (χ1v) is 24.3. The lowest BCUT2D eigenvalue weighted by atomic mass is 9.91. The van der Waals surface area contributed by atoms with Crippen molar-refractivity contribution < 1.29 is 4.42 Å². The number of hydrogen-bond donors (Lipinski definition) is 0. The molecule has 0 unspecified atom stereocenters. The minimum Gasteiger partial charge on any atom is -0.456 e. The van der Waals surface area contributed by atoms with E-state index in [4.69, 9.17) is 4.42 Å². The molecule has 332 valence electrons. The molecule has 12 aromatic carbocycles. The lowest BCUT2D eigenvalue weighted by Crippen LogP contribution is -2.12. The van der Waals surface area contributed by atoms with Crippen LogP contribution in [-0.4, -0.2) is 4.57 Å². The summed E-state index contributed by atoms with van der Waals surface area (Å²) >= 11 is 0. The Morgan fingerprint density at radius 1 is 0.296 bits per heavy atom. The van der Waals surface area contributed by atoms with Gasteiger partial charge in [-0.3, -0.25) is 0 Å². The van der Waals surface area contributed by atoms with E-state index in [0.29, 0.717) is 0 Å². The van der Waals surface area contributed by atoms with Gasteiger partial charge in [0.1, 0.15) is 11.2 Å². The number of fused-ring (bicyclic) bond motifs is 9. The fourth-order valence-electron chi connectivity index (χ4n) is 11.2. The molecule has 0 bridgehead atoms. The number of aromatic nitrogens is 1. The van der Waals surface area contributed by atoms with Gasteiger partial charge in [-0.05, 0) is 122 Å². The molecular formula is C68H44N2O. The summed E-state index contributed by atoms with van der Waals surface area (Å²) in [6, 6.07) is 96.7. The molecule has 0 amide bonds. The zero-order valence-electron chi connectivity index (χ0n) is 38.7. The third-order valence-corrected chi connectivity index (χ3v) is 14.4. The molecule has 14 aromatic rings. The predicted molar refractivity (Wildman–Crippen MR) is 299 cm³/mol. The summed E-state index contributed by atoms with van der Waals surface area (Å²) in [6.45, 7) is 0. The number of rotatable bonds is 8. The second-order valence-electron chi connectivity index (χ2n) is 18.4. The van der Waals surface area contributed by atoms with Crippen LogP contribution < -0.4 is 4.90 Å². The Kier molecular flexibility index (Phi) is 9.53. The molecule has 0 spiro atoms. The Bertz CT molecular complexity index is 4290. The van der Waals surface area contributed by atoms with Crippen LogP contribution in [0, 0.1) is 0 Å². The molecule has 2 aromatic heterocycles. The van der Waals surface area contributed by atoms with Crippen molar-refractivity contribution in [1.29, 1.82) is 0 Å². The Labute approximate surface area is 411 Å². The highest BCUT2D eigenvalue weighted by atomic mass is 16.3. The van der Waals surface area contributed by atoms with E-state index in [1.165, 1.54) is 60.0 Å². The average Bonchev–Trinajstić information content (AvgIpc) is 4.00. The van der Waals surface area contributed by atoms with Crippen LogP contribution >= 0.6 is 0 Å². The lowest BCUT2D eigenvalue weighted by molar-refractivity contribution is 0.669. The number of anilines is 3. The van der Waals surface area contributed by atoms with Crippen LogP contribution in [0.5, 0.6) is 0 Å². The van der Waals surface area contributed by atoms with Crippen LogP contribution in [0.2, 0.25) is 0 Å². The maximum Gasteiger partial charge on any atom is 0.136 e. The van der Waals surface area contributed by atoms with Gasteiger partial charge in [-0.2, -0.15) is 0 Å². The fraction of sp³-hybridized carbons (Fsp3) is 0. The van der Waals surface area contributed by atoms with E-state index >= 15 is 0 Å². The smallest absolute Gasteiger partial charge is 0.136 e. The van der Waals surface area contributed by atoms with Crippen molar-refractivity contribution in [2.45, 2.75) is 0 Å². The first-order valence-electron chi connectivity index (χ1n) is 24.3. The molecule has 0 saturated heterocycles. The molecule has 2 heterocycles. The second-order valence-corrected chi connectivity index (χ2v) is 18.4. The molecule has 0 fully saturated rings. The van der Waals surface area contributed by atoms with Gasteiger partial charge in [0.15, 0.2) is 0 Å². The highest BCUT2D eigenvalue weighted by Crippen LogP contribution is 2.49. The highest BCUT2D eigenvalue weighted by molar-refractivity contribution is 6.17. The second kappa shape index (κ2) is 16.7. The van der Waals surface area contributed by atoms with E-state index < -0.39 is 0 Å². The average molecular weight is 905 g/mol. The molecule has 0 aliphatic heterocycles. The zero-order valence-corrected chi connectivity index (χ0v) is 38.7. The normalized spacial score (nSPS) is 11.7. The van der Waals surface area contributed by atoms with Crippen molar-refractivity contribution in [3.63, 3.8) is 0 Å². The Hall–Kier alpha value is -9.44. The predicted octanol–water partition coefficient (Wildman–Crippen LogP) is 19.1. The van der Waals surface area contributed by atoms with Crippen molar-refractivity contribution in [3.8, 4) is 50.2 Å². The Morgan fingerprint density at radius 3 is 1.49 bits per heavy atom. The summed E-state index contributed by atoms with van der Waals surface area (Å²) in [6.07, 6.45) is 0. The first kappa shape index (κ1) is 40.6. The van der Waals surface area contributed by atoms with E-state index in [1.54, 1.807) is 0 Å². The SMILES string of the molecule is c1cc(-c2ccc(-c3ccc(N(c4ccccc4-c4cc5ccccc5c5ccccc45)c4ccccc4-c4cccc5oc6ccccc6c45)cc3)cc2)cc(-n2c3ccccc3c3ccccc32)c1. The lowest BCUT2D eigenvalue weighted by Gasteiger charge is -2.30. The molecule has 0 aliphatic carbocycles. The van der Waals surface area contributed by atoms with Crippen molar-refractivity contribution in [2.75, 3.05) is 4.90 Å². The number of benzene rings is 12. The maximum absolute atomic E-state index is 6.46. The van der Waals surface area contributed by atoms with Crippen molar-refractivity contribution >= 4 is 82.4 Å². The number of hydrogen-bond acceptors (Lipinski definition) is 2. The van der Waals surface area contributed by atoms with Gasteiger partial charge in [-0.15, -0.1) is 0 Å². The number of para-hydroxylation sites is 5. The standard InChI is InChI=1S/C68H44N2O/c1-2-20-52-49(17-1)44-61(54-22-4-3-21-53(52)54)58-26-8-13-32-65(58)69(64-31-12-7-25-57(64)59-28-16-34-67-68(59)60-27-9-14-33-66(60)71-67)50-41-39-46(40-42-50)45-35-37-47(38-36-45)48-18-15-19-51(43-48)70-62-29-10-5-23-55(62)56-24-6-11-30-63(56)70/h1-44H. The van der Waals surface area contributed by atoms with Crippen molar-refractivity contribution in [1.82, 2.24) is 4.57 Å². The minimum atomic E-state index is 0.874. The summed E-state index contributed by atoms with van der Waals surface area (Å²) < 4.78 is 8.84. The largest absolute Gasteiger partial charge is 0.456 e. The monoisotopic (exact) mass is 904 g/mol. The maximum atomic E-state index is 6.46. The van der Waals surface area contributed by atoms with Gasteiger partial charge < -0.3 is 13.9 Å². The fourth-order valence-corrected chi connectivity index (χ4v) is 11.2. The third kappa shape index (κ3) is 6.74. The van der Waals surface area contributed by atoms with Crippen LogP contribution in [0.1, 0.15) is 0 Å². The molecular weight excluding hydrogens is 861 g/mol. The molecule has 0 saturated carbocycles. The number of furan rings is 1. The highest BCUT2D eigenvalue weighted by Gasteiger charge is 2.24.